The Morgan fingerprint density at radius 3 is 2.45 bits per heavy atom. The molecule has 4 saturated carbocycles. The predicted octanol–water partition coefficient (Wildman–Crippen LogP) is 4.59. The average Bonchev–Trinajstić information content (AvgIpc) is 2.72. The lowest BCUT2D eigenvalue weighted by Gasteiger charge is -2.62. The summed E-state index contributed by atoms with van der Waals surface area (Å²) in [6.45, 7) is 2.29. The Balaban J connectivity index is 1.18. The minimum Gasteiger partial charge on any atom is -0.350 e. The Labute approximate surface area is 184 Å². The number of hydrogen-bond acceptors (Lipinski definition) is 2. The molecule has 4 bridgehead atoms. The quantitative estimate of drug-likeness (QED) is 0.788. The number of nitrogens with zero attached hydrogens (tertiary/aromatic N) is 1. The largest absolute Gasteiger partial charge is 0.350 e. The molecule has 1 heterocycles. The van der Waals surface area contributed by atoms with Crippen LogP contribution in [-0.2, 0) is 23.2 Å². The second-order valence-corrected chi connectivity index (χ2v) is 10.8. The molecule has 4 heteroatoms. The number of hydrogen-bond donors (Lipinski definition) is 1. The van der Waals surface area contributed by atoms with Gasteiger partial charge in [-0.2, -0.15) is 0 Å². The highest BCUT2D eigenvalue weighted by molar-refractivity contribution is 5.79. The first-order valence-corrected chi connectivity index (χ1v) is 11.9. The Morgan fingerprint density at radius 2 is 1.71 bits per heavy atom. The fourth-order valence-corrected chi connectivity index (χ4v) is 7.78. The minimum atomic E-state index is -0.167. The van der Waals surface area contributed by atoms with Crippen LogP contribution >= 0.6 is 0 Å². The SMILES string of the molecule is O=C(CN1CCc2ccccc2C1)NC12CC3CC(C1)CC(c1ccc(F)cc1)(C3)C2. The number of amides is 1. The molecule has 0 spiro atoms. The molecule has 3 nitrogen and oxygen atoms in total. The third-order valence-corrected chi connectivity index (χ3v) is 8.50. The monoisotopic (exact) mass is 418 g/mol. The van der Waals surface area contributed by atoms with Crippen LogP contribution in [0.5, 0.6) is 0 Å². The van der Waals surface area contributed by atoms with Crippen molar-refractivity contribution in [1.29, 1.82) is 0 Å². The zero-order valence-corrected chi connectivity index (χ0v) is 18.1. The summed E-state index contributed by atoms with van der Waals surface area (Å²) in [5, 5.41) is 3.55. The van der Waals surface area contributed by atoms with E-state index in [1.165, 1.54) is 36.0 Å². The van der Waals surface area contributed by atoms with Gasteiger partial charge in [0.05, 0.1) is 6.54 Å². The first kappa shape index (κ1) is 19.5. The smallest absolute Gasteiger partial charge is 0.234 e. The van der Waals surface area contributed by atoms with E-state index in [9.17, 15) is 9.18 Å². The molecule has 1 N–H and O–H groups in total. The number of benzene rings is 2. The van der Waals surface area contributed by atoms with Crippen molar-refractivity contribution in [3.63, 3.8) is 0 Å². The average molecular weight is 419 g/mol. The van der Waals surface area contributed by atoms with Crippen LogP contribution in [0, 0.1) is 17.7 Å². The number of rotatable bonds is 4. The van der Waals surface area contributed by atoms with E-state index in [4.69, 9.17) is 0 Å². The van der Waals surface area contributed by atoms with Crippen LogP contribution in [0.15, 0.2) is 48.5 Å². The topological polar surface area (TPSA) is 32.3 Å². The molecule has 2 aromatic rings. The summed E-state index contributed by atoms with van der Waals surface area (Å²) < 4.78 is 13.6. The molecule has 0 saturated heterocycles. The lowest BCUT2D eigenvalue weighted by atomic mass is 9.45. The van der Waals surface area contributed by atoms with Crippen molar-refractivity contribution in [3.8, 4) is 0 Å². The van der Waals surface area contributed by atoms with Crippen LogP contribution in [0.2, 0.25) is 0 Å². The maximum absolute atomic E-state index is 13.6. The van der Waals surface area contributed by atoms with Crippen molar-refractivity contribution < 1.29 is 9.18 Å². The number of carbonyl (C=O) groups excluding carboxylic acids is 1. The van der Waals surface area contributed by atoms with Crippen LogP contribution in [-0.4, -0.2) is 29.4 Å². The lowest BCUT2D eigenvalue weighted by molar-refractivity contribution is -0.129. The van der Waals surface area contributed by atoms with Crippen LogP contribution < -0.4 is 5.32 Å². The fourth-order valence-electron chi connectivity index (χ4n) is 7.78. The van der Waals surface area contributed by atoms with Crippen molar-refractivity contribution >= 4 is 5.91 Å². The Morgan fingerprint density at radius 1 is 1.00 bits per heavy atom. The highest BCUT2D eigenvalue weighted by atomic mass is 19.1. The van der Waals surface area contributed by atoms with Gasteiger partial charge in [0.25, 0.3) is 0 Å². The van der Waals surface area contributed by atoms with E-state index in [0.717, 1.165) is 38.8 Å². The molecule has 162 valence electrons. The fraction of sp³-hybridized carbons (Fsp3) is 0.519. The molecule has 7 rings (SSSR count). The Kier molecular flexibility index (Phi) is 4.50. The van der Waals surface area contributed by atoms with Gasteiger partial charge in [-0.25, -0.2) is 4.39 Å². The van der Waals surface area contributed by atoms with Gasteiger partial charge >= 0.3 is 0 Å². The van der Waals surface area contributed by atoms with E-state index in [0.29, 0.717) is 18.4 Å². The second-order valence-electron chi connectivity index (χ2n) is 10.8. The summed E-state index contributed by atoms with van der Waals surface area (Å²) in [6, 6.07) is 15.8. The molecule has 5 aliphatic rings. The van der Waals surface area contributed by atoms with Gasteiger partial charge in [0.15, 0.2) is 0 Å². The van der Waals surface area contributed by atoms with Crippen LogP contribution in [0.1, 0.15) is 55.2 Å². The van der Waals surface area contributed by atoms with Crippen molar-refractivity contribution in [1.82, 2.24) is 10.2 Å². The minimum absolute atomic E-state index is 0.0801. The number of fused-ring (bicyclic) bond motifs is 1. The van der Waals surface area contributed by atoms with E-state index in [1.54, 1.807) is 12.1 Å². The molecule has 31 heavy (non-hydrogen) atoms. The van der Waals surface area contributed by atoms with E-state index in [-0.39, 0.29) is 22.7 Å². The molecule has 4 aliphatic carbocycles. The molecule has 0 radical (unpaired) electrons. The normalized spacial score (nSPS) is 33.8. The molecule has 0 aromatic heterocycles. The number of halogens is 1. The third-order valence-electron chi connectivity index (χ3n) is 8.50. The van der Waals surface area contributed by atoms with E-state index < -0.39 is 0 Å². The van der Waals surface area contributed by atoms with E-state index in [2.05, 4.69) is 34.5 Å². The third kappa shape index (κ3) is 3.49. The first-order valence-electron chi connectivity index (χ1n) is 11.9. The highest BCUT2D eigenvalue weighted by Gasteiger charge is 2.58. The van der Waals surface area contributed by atoms with Gasteiger partial charge in [-0.15, -0.1) is 0 Å². The molecule has 4 fully saturated rings. The Hall–Kier alpha value is -2.20. The molecule has 2 atom stereocenters. The van der Waals surface area contributed by atoms with Crippen LogP contribution in [0.25, 0.3) is 0 Å². The van der Waals surface area contributed by atoms with Gasteiger partial charge in [0.1, 0.15) is 5.82 Å². The van der Waals surface area contributed by atoms with Gasteiger partial charge in [-0.3, -0.25) is 9.69 Å². The predicted molar refractivity (Wildman–Crippen MR) is 119 cm³/mol. The maximum atomic E-state index is 13.6. The number of carbonyl (C=O) groups is 1. The molecule has 1 aliphatic heterocycles. The van der Waals surface area contributed by atoms with Crippen molar-refractivity contribution in [2.75, 3.05) is 13.1 Å². The second kappa shape index (κ2) is 7.16. The van der Waals surface area contributed by atoms with Crippen LogP contribution in [0.3, 0.4) is 0 Å². The van der Waals surface area contributed by atoms with Crippen molar-refractivity contribution in [3.05, 3.63) is 71.0 Å². The van der Waals surface area contributed by atoms with E-state index >= 15 is 0 Å². The summed E-state index contributed by atoms with van der Waals surface area (Å²) in [5.41, 5.74) is 4.07. The molecule has 1 amide bonds. The van der Waals surface area contributed by atoms with Crippen LogP contribution in [0.4, 0.5) is 4.39 Å². The van der Waals surface area contributed by atoms with Gasteiger partial charge in [0.2, 0.25) is 5.91 Å². The summed E-state index contributed by atoms with van der Waals surface area (Å²) in [5.74, 6) is 1.36. The maximum Gasteiger partial charge on any atom is 0.234 e. The Bertz CT molecular complexity index is 987. The molecular weight excluding hydrogens is 387 g/mol. The van der Waals surface area contributed by atoms with E-state index in [1.807, 2.05) is 12.1 Å². The van der Waals surface area contributed by atoms with Crippen molar-refractivity contribution in [2.24, 2.45) is 11.8 Å². The summed E-state index contributed by atoms with van der Waals surface area (Å²) >= 11 is 0. The first-order chi connectivity index (χ1) is 15.0. The van der Waals surface area contributed by atoms with Gasteiger partial charge in [0, 0.05) is 18.6 Å². The zero-order chi connectivity index (χ0) is 21.1. The van der Waals surface area contributed by atoms with Gasteiger partial charge in [-0.05, 0) is 91.0 Å². The molecule has 2 aromatic carbocycles. The lowest BCUT2D eigenvalue weighted by Crippen LogP contribution is -2.65. The summed E-state index contributed by atoms with van der Waals surface area (Å²) in [4.78, 5) is 15.5. The van der Waals surface area contributed by atoms with Gasteiger partial charge < -0.3 is 5.32 Å². The zero-order valence-electron chi connectivity index (χ0n) is 18.1. The highest BCUT2D eigenvalue weighted by Crippen LogP contribution is 2.62. The number of nitrogens with one attached hydrogen (secondary N) is 1. The summed E-state index contributed by atoms with van der Waals surface area (Å²) in [7, 11) is 0. The van der Waals surface area contributed by atoms with Gasteiger partial charge in [-0.1, -0.05) is 36.4 Å². The summed E-state index contributed by atoms with van der Waals surface area (Å²) in [6.07, 6.45) is 7.93. The standard InChI is InChI=1S/C27H31FN2O/c28-24-7-5-23(6-8-24)26-12-19-11-20(13-26)15-27(14-19,18-26)29-25(31)17-30-10-9-21-3-1-2-4-22(21)16-30/h1-8,19-20H,9-18H2,(H,29,31). The molecule has 2 unspecified atom stereocenters. The molecular formula is C27H31FN2O. The van der Waals surface area contributed by atoms with Crippen molar-refractivity contribution in [2.45, 2.75) is 62.4 Å².